The van der Waals surface area contributed by atoms with Gasteiger partial charge in [0.15, 0.2) is 0 Å². The summed E-state index contributed by atoms with van der Waals surface area (Å²) in [5.74, 6) is 3.22. The summed E-state index contributed by atoms with van der Waals surface area (Å²) in [5.41, 5.74) is 0. The number of furan rings is 1. The molecule has 0 amide bonds. The van der Waals surface area contributed by atoms with Gasteiger partial charge in [-0.2, -0.15) is 11.8 Å². The van der Waals surface area contributed by atoms with E-state index >= 15 is 0 Å². The van der Waals surface area contributed by atoms with Crippen LogP contribution in [0.15, 0.2) is 22.8 Å². The number of hydrogen-bond acceptors (Lipinski definition) is 3. The van der Waals surface area contributed by atoms with Gasteiger partial charge < -0.3 is 9.21 Å². The molecule has 0 bridgehead atoms. The molecule has 0 N–H and O–H groups in total. The number of hydrogen-bond donors (Lipinski definition) is 0. The van der Waals surface area contributed by atoms with Gasteiger partial charge in [0.1, 0.15) is 11.5 Å². The van der Waals surface area contributed by atoms with Crippen molar-refractivity contribution in [3.63, 3.8) is 0 Å². The molecule has 0 saturated heterocycles. The second-order valence-corrected chi connectivity index (χ2v) is 4.04. The Morgan fingerprint density at radius 1 is 1.62 bits per heavy atom. The molecule has 0 aliphatic heterocycles. The van der Waals surface area contributed by atoms with E-state index in [0.717, 1.165) is 23.7 Å². The van der Waals surface area contributed by atoms with Gasteiger partial charge in [-0.05, 0) is 31.2 Å². The van der Waals surface area contributed by atoms with Crippen LogP contribution in [0.3, 0.4) is 0 Å². The standard InChI is InChI=1S/C10H14O2S/c1-9(11)4-3-7-13-8-10-5-2-6-12-10/h2,5-6H,3-4,7-8H2,1H3. The largest absolute Gasteiger partial charge is 0.468 e. The maximum atomic E-state index is 10.6. The molecule has 0 aliphatic carbocycles. The van der Waals surface area contributed by atoms with Crippen LogP contribution in [0, 0.1) is 0 Å². The van der Waals surface area contributed by atoms with E-state index in [9.17, 15) is 4.79 Å². The van der Waals surface area contributed by atoms with Crippen molar-refractivity contribution in [2.45, 2.75) is 25.5 Å². The van der Waals surface area contributed by atoms with Crippen molar-refractivity contribution in [3.8, 4) is 0 Å². The Bertz CT molecular complexity index is 241. The molecule has 3 heteroatoms. The van der Waals surface area contributed by atoms with Crippen LogP contribution in [0.4, 0.5) is 0 Å². The molecule has 0 saturated carbocycles. The first kappa shape index (κ1) is 10.4. The van der Waals surface area contributed by atoms with E-state index < -0.39 is 0 Å². The smallest absolute Gasteiger partial charge is 0.129 e. The first-order valence-electron chi connectivity index (χ1n) is 4.38. The van der Waals surface area contributed by atoms with E-state index in [0.29, 0.717) is 6.42 Å². The van der Waals surface area contributed by atoms with Gasteiger partial charge in [0.2, 0.25) is 0 Å². The van der Waals surface area contributed by atoms with Crippen LogP contribution in [0.2, 0.25) is 0 Å². The van der Waals surface area contributed by atoms with Crippen LogP contribution in [0.25, 0.3) is 0 Å². The van der Waals surface area contributed by atoms with Gasteiger partial charge in [0.25, 0.3) is 0 Å². The molecule has 0 atom stereocenters. The van der Waals surface area contributed by atoms with Gasteiger partial charge in [-0.1, -0.05) is 0 Å². The third kappa shape index (κ3) is 4.78. The molecular weight excluding hydrogens is 184 g/mol. The zero-order valence-corrected chi connectivity index (χ0v) is 8.60. The molecule has 13 heavy (non-hydrogen) atoms. The number of rotatable bonds is 6. The molecule has 0 aliphatic rings. The zero-order chi connectivity index (χ0) is 9.52. The first-order chi connectivity index (χ1) is 6.29. The van der Waals surface area contributed by atoms with Crippen LogP contribution < -0.4 is 0 Å². The maximum absolute atomic E-state index is 10.6. The number of ketones is 1. The predicted molar refractivity (Wildman–Crippen MR) is 54.8 cm³/mol. The van der Waals surface area contributed by atoms with E-state index in [-0.39, 0.29) is 5.78 Å². The normalized spacial score (nSPS) is 10.2. The third-order valence-corrected chi connectivity index (χ3v) is 2.71. The van der Waals surface area contributed by atoms with Gasteiger partial charge >= 0.3 is 0 Å². The predicted octanol–water partition coefficient (Wildman–Crippen LogP) is 2.88. The Kier molecular flexibility index (Phi) is 4.68. The monoisotopic (exact) mass is 198 g/mol. The Morgan fingerprint density at radius 2 is 2.46 bits per heavy atom. The molecule has 1 aromatic rings. The van der Waals surface area contributed by atoms with Crippen LogP contribution >= 0.6 is 11.8 Å². The maximum Gasteiger partial charge on any atom is 0.129 e. The van der Waals surface area contributed by atoms with E-state index in [1.54, 1.807) is 24.9 Å². The van der Waals surface area contributed by atoms with E-state index in [1.165, 1.54) is 0 Å². The second-order valence-electron chi connectivity index (χ2n) is 2.94. The molecule has 0 unspecified atom stereocenters. The summed E-state index contributed by atoms with van der Waals surface area (Å²) in [7, 11) is 0. The van der Waals surface area contributed by atoms with Crippen molar-refractivity contribution in [1.29, 1.82) is 0 Å². The number of Topliss-reactive ketones (excluding diaryl/α,β-unsaturated/α-hetero) is 1. The lowest BCUT2D eigenvalue weighted by Crippen LogP contribution is -1.91. The van der Waals surface area contributed by atoms with Crippen molar-refractivity contribution < 1.29 is 9.21 Å². The van der Waals surface area contributed by atoms with Crippen LogP contribution in [0.5, 0.6) is 0 Å². The Labute approximate surface area is 82.7 Å². The summed E-state index contributed by atoms with van der Waals surface area (Å²) in [4.78, 5) is 10.6. The number of carbonyl (C=O) groups excluding carboxylic acids is 1. The Hall–Kier alpha value is -0.700. The molecular formula is C10H14O2S. The SMILES string of the molecule is CC(=O)CCCSCc1ccco1. The van der Waals surface area contributed by atoms with Gasteiger partial charge in [-0.3, -0.25) is 0 Å². The summed E-state index contributed by atoms with van der Waals surface area (Å²) in [6.45, 7) is 1.64. The quantitative estimate of drug-likeness (QED) is 0.658. The summed E-state index contributed by atoms with van der Waals surface area (Å²) in [6.07, 6.45) is 3.36. The highest BCUT2D eigenvalue weighted by Crippen LogP contribution is 2.13. The van der Waals surface area contributed by atoms with Gasteiger partial charge in [0.05, 0.1) is 12.0 Å². The van der Waals surface area contributed by atoms with Crippen molar-refractivity contribution in [3.05, 3.63) is 24.2 Å². The fourth-order valence-corrected chi connectivity index (χ4v) is 1.85. The van der Waals surface area contributed by atoms with E-state index in [4.69, 9.17) is 4.42 Å². The van der Waals surface area contributed by atoms with Gasteiger partial charge in [-0.25, -0.2) is 0 Å². The lowest BCUT2D eigenvalue weighted by Gasteiger charge is -1.97. The molecule has 0 spiro atoms. The van der Waals surface area contributed by atoms with Crippen LogP contribution in [-0.4, -0.2) is 11.5 Å². The number of thioether (sulfide) groups is 1. The Balaban J connectivity index is 1.99. The summed E-state index contributed by atoms with van der Waals surface area (Å²) in [5, 5.41) is 0. The van der Waals surface area contributed by atoms with Gasteiger partial charge in [0, 0.05) is 6.42 Å². The van der Waals surface area contributed by atoms with Crippen molar-refractivity contribution in [2.75, 3.05) is 5.75 Å². The Morgan fingerprint density at radius 3 is 3.08 bits per heavy atom. The van der Waals surface area contributed by atoms with Crippen molar-refractivity contribution in [1.82, 2.24) is 0 Å². The highest BCUT2D eigenvalue weighted by atomic mass is 32.2. The summed E-state index contributed by atoms with van der Waals surface area (Å²) in [6, 6.07) is 3.86. The molecule has 0 fully saturated rings. The topological polar surface area (TPSA) is 30.2 Å². The minimum Gasteiger partial charge on any atom is -0.468 e. The van der Waals surface area contributed by atoms with Crippen molar-refractivity contribution in [2.24, 2.45) is 0 Å². The third-order valence-electron chi connectivity index (χ3n) is 1.64. The fraction of sp³-hybridized carbons (Fsp3) is 0.500. The molecule has 1 heterocycles. The lowest BCUT2D eigenvalue weighted by atomic mass is 10.3. The van der Waals surface area contributed by atoms with E-state index in [1.807, 2.05) is 12.1 Å². The molecule has 1 aromatic heterocycles. The number of carbonyl (C=O) groups is 1. The molecule has 1 rings (SSSR count). The summed E-state index contributed by atoms with van der Waals surface area (Å²) < 4.78 is 5.17. The van der Waals surface area contributed by atoms with Gasteiger partial charge in [-0.15, -0.1) is 0 Å². The molecule has 2 nitrogen and oxygen atoms in total. The average molecular weight is 198 g/mol. The second kappa shape index (κ2) is 5.86. The minimum absolute atomic E-state index is 0.276. The zero-order valence-electron chi connectivity index (χ0n) is 7.79. The minimum atomic E-state index is 0.276. The lowest BCUT2D eigenvalue weighted by molar-refractivity contribution is -0.117. The summed E-state index contributed by atoms with van der Waals surface area (Å²) >= 11 is 1.81. The van der Waals surface area contributed by atoms with E-state index in [2.05, 4.69) is 0 Å². The molecule has 0 radical (unpaired) electrons. The fourth-order valence-electron chi connectivity index (χ4n) is 0.991. The van der Waals surface area contributed by atoms with Crippen LogP contribution in [-0.2, 0) is 10.5 Å². The average Bonchev–Trinajstić information content (AvgIpc) is 2.55. The van der Waals surface area contributed by atoms with Crippen LogP contribution in [0.1, 0.15) is 25.5 Å². The highest BCUT2D eigenvalue weighted by Gasteiger charge is 1.97. The van der Waals surface area contributed by atoms with Crippen molar-refractivity contribution >= 4 is 17.5 Å². The molecule has 0 aromatic carbocycles. The highest BCUT2D eigenvalue weighted by molar-refractivity contribution is 7.98. The molecule has 72 valence electrons. The first-order valence-corrected chi connectivity index (χ1v) is 5.54.